The molecule has 0 saturated carbocycles. The summed E-state index contributed by atoms with van der Waals surface area (Å²) in [4.78, 5) is 2.65. The van der Waals surface area contributed by atoms with E-state index in [1.807, 2.05) is 12.2 Å². The summed E-state index contributed by atoms with van der Waals surface area (Å²) in [5.74, 6) is 0. The number of hydrogen-bond donors (Lipinski definition) is 0. The first-order valence-corrected chi connectivity index (χ1v) is 20.5. The van der Waals surface area contributed by atoms with E-state index >= 15 is 0 Å². The Morgan fingerprint density at radius 3 is 1.26 bits per heavy atom. The first-order chi connectivity index (χ1) is 27.5. The Kier molecular flexibility index (Phi) is 7.05. The molecular formula is C54H45B2N. The van der Waals surface area contributed by atoms with Crippen LogP contribution in [0.15, 0.2) is 141 Å². The summed E-state index contributed by atoms with van der Waals surface area (Å²) in [7, 11) is 0. The molecule has 272 valence electrons. The van der Waals surface area contributed by atoms with E-state index in [1.54, 1.807) is 0 Å². The molecule has 7 aromatic carbocycles. The lowest BCUT2D eigenvalue weighted by molar-refractivity contribution is 0.590. The van der Waals surface area contributed by atoms with Gasteiger partial charge in [0.05, 0.1) is 0 Å². The molecule has 4 aliphatic heterocycles. The Hall–Kier alpha value is -6.05. The van der Waals surface area contributed by atoms with Crippen molar-refractivity contribution < 1.29 is 0 Å². The number of nitrogens with zero attached hydrogens (tertiary/aromatic N) is 1. The molecule has 0 aliphatic carbocycles. The van der Waals surface area contributed by atoms with Gasteiger partial charge in [-0.05, 0) is 112 Å². The van der Waals surface area contributed by atoms with Gasteiger partial charge in [0.2, 0.25) is 13.4 Å². The molecule has 57 heavy (non-hydrogen) atoms. The van der Waals surface area contributed by atoms with Crippen molar-refractivity contribution in [3.63, 3.8) is 0 Å². The van der Waals surface area contributed by atoms with Gasteiger partial charge in [0.25, 0.3) is 0 Å². The highest BCUT2D eigenvalue weighted by Crippen LogP contribution is 2.48. The van der Waals surface area contributed by atoms with Crippen molar-refractivity contribution in [2.75, 3.05) is 4.90 Å². The average molecular weight is 730 g/mol. The van der Waals surface area contributed by atoms with E-state index in [2.05, 4.69) is 187 Å². The van der Waals surface area contributed by atoms with Crippen molar-refractivity contribution in [3.05, 3.63) is 163 Å². The Balaban J connectivity index is 1.23. The molecule has 4 aliphatic rings. The maximum Gasteiger partial charge on any atom is 0.248 e. The molecular weight excluding hydrogens is 684 g/mol. The van der Waals surface area contributed by atoms with Crippen molar-refractivity contribution in [2.24, 2.45) is 0 Å². The Bertz CT molecular complexity index is 2700. The molecule has 0 atom stereocenters. The van der Waals surface area contributed by atoms with E-state index in [4.69, 9.17) is 0 Å². The average Bonchev–Trinajstić information content (AvgIpc) is 3.75. The topological polar surface area (TPSA) is 3.24 Å². The van der Waals surface area contributed by atoms with Gasteiger partial charge in [-0.25, -0.2) is 0 Å². The van der Waals surface area contributed by atoms with Gasteiger partial charge in [0, 0.05) is 17.1 Å². The van der Waals surface area contributed by atoms with Gasteiger partial charge >= 0.3 is 0 Å². The molecule has 0 N–H and O–H groups in total. The molecule has 0 radical (unpaired) electrons. The van der Waals surface area contributed by atoms with Crippen LogP contribution in [-0.4, -0.2) is 13.4 Å². The quantitative estimate of drug-likeness (QED) is 0.163. The minimum Gasteiger partial charge on any atom is -0.312 e. The molecule has 3 heteroatoms. The van der Waals surface area contributed by atoms with Crippen LogP contribution in [-0.2, 0) is 10.8 Å². The molecule has 0 fully saturated rings. The predicted molar refractivity (Wildman–Crippen MR) is 250 cm³/mol. The third kappa shape index (κ3) is 4.72. The molecule has 1 nitrogen and oxygen atoms in total. The number of rotatable bonds is 4. The van der Waals surface area contributed by atoms with E-state index in [0.717, 1.165) is 11.1 Å². The molecule has 0 unspecified atom stereocenters. The molecule has 11 rings (SSSR count). The second-order valence-electron chi connectivity index (χ2n) is 18.6. The maximum atomic E-state index is 4.03. The molecule has 0 aromatic heterocycles. The van der Waals surface area contributed by atoms with Crippen molar-refractivity contribution in [1.29, 1.82) is 0 Å². The van der Waals surface area contributed by atoms with Gasteiger partial charge in [0.1, 0.15) is 0 Å². The van der Waals surface area contributed by atoms with Gasteiger partial charge in [-0.15, -0.1) is 0 Å². The lowest BCUT2D eigenvalue weighted by Gasteiger charge is -2.43. The summed E-state index contributed by atoms with van der Waals surface area (Å²) in [6.45, 7) is 22.3. The van der Waals surface area contributed by atoms with Crippen LogP contribution in [0.1, 0.15) is 63.8 Å². The van der Waals surface area contributed by atoms with Crippen LogP contribution in [0, 0.1) is 0 Å². The zero-order chi connectivity index (χ0) is 39.1. The zero-order valence-corrected chi connectivity index (χ0v) is 33.8. The number of benzene rings is 7. The Morgan fingerprint density at radius 1 is 0.456 bits per heavy atom. The number of para-hydroxylation sites is 1. The van der Waals surface area contributed by atoms with Gasteiger partial charge in [-0.3, -0.25) is 0 Å². The molecule has 0 amide bonds. The predicted octanol–water partition coefficient (Wildman–Crippen LogP) is 9.99. The largest absolute Gasteiger partial charge is 0.312 e. The van der Waals surface area contributed by atoms with Crippen molar-refractivity contribution in [2.45, 2.75) is 52.4 Å². The summed E-state index contributed by atoms with van der Waals surface area (Å²) in [5.41, 5.74) is 28.0. The fraction of sp³-hybridized carbons (Fsp3) is 0.148. The van der Waals surface area contributed by atoms with E-state index in [-0.39, 0.29) is 24.3 Å². The van der Waals surface area contributed by atoms with Crippen LogP contribution in [0.4, 0.5) is 17.1 Å². The highest BCUT2D eigenvalue weighted by Gasteiger charge is 2.50. The summed E-state index contributed by atoms with van der Waals surface area (Å²) >= 11 is 0. The SMILES string of the molecule is C=Cc1ccc(-c2ccc3c4c2-c2cc(C(C)(C)C)ccc2B4c2cccc4c2N3c2ccc(-c3ccc(C=C)cc3)c3c2B4c2ccc(C(C)(C)C)cc2-3)cc1. The van der Waals surface area contributed by atoms with Crippen LogP contribution < -0.4 is 37.7 Å². The highest BCUT2D eigenvalue weighted by molar-refractivity contribution is 7.05. The monoisotopic (exact) mass is 729 g/mol. The summed E-state index contributed by atoms with van der Waals surface area (Å²) in [6, 6.07) is 49.3. The normalized spacial score (nSPS) is 13.8. The van der Waals surface area contributed by atoms with Gasteiger partial charge in [-0.1, -0.05) is 193 Å². The highest BCUT2D eigenvalue weighted by atomic mass is 15.2. The summed E-state index contributed by atoms with van der Waals surface area (Å²) < 4.78 is 0. The van der Waals surface area contributed by atoms with Crippen LogP contribution in [0.3, 0.4) is 0 Å². The Morgan fingerprint density at radius 2 is 0.877 bits per heavy atom. The Labute approximate surface area is 338 Å². The van der Waals surface area contributed by atoms with E-state index in [1.165, 1.54) is 105 Å². The van der Waals surface area contributed by atoms with Crippen molar-refractivity contribution in [1.82, 2.24) is 0 Å². The number of hydrogen-bond acceptors (Lipinski definition) is 1. The van der Waals surface area contributed by atoms with Crippen molar-refractivity contribution >= 4 is 75.4 Å². The minimum atomic E-state index is 0.0282. The molecule has 0 saturated heterocycles. The van der Waals surface area contributed by atoms with E-state index < -0.39 is 0 Å². The third-order valence-corrected chi connectivity index (χ3v) is 13.4. The first kappa shape index (κ1) is 34.2. The standard InChI is InChI=1S/C54H45B2N/c1-9-32-14-18-34(19-15-32)38-24-28-46-50-48(38)40-30-36(53(3,4)5)22-26-42(40)55(50)44-12-11-13-45-52(44)57(46)47-29-25-39(35-20-16-33(10-2)17-21-35)49-41-31-37(54(6,7)8)23-27-43(41)56(45)51(47)49/h9-31H,1-2H2,3-8H3. The smallest absolute Gasteiger partial charge is 0.248 e. The summed E-state index contributed by atoms with van der Waals surface area (Å²) in [6.07, 6.45) is 3.86. The lowest BCUT2D eigenvalue weighted by atomic mass is 9.32. The first-order valence-electron chi connectivity index (χ1n) is 20.5. The number of anilines is 3. The minimum absolute atomic E-state index is 0.0282. The molecule has 7 aromatic rings. The van der Waals surface area contributed by atoms with Gasteiger partial charge in [-0.2, -0.15) is 0 Å². The van der Waals surface area contributed by atoms with E-state index in [9.17, 15) is 0 Å². The van der Waals surface area contributed by atoms with Crippen LogP contribution in [0.25, 0.3) is 56.7 Å². The second-order valence-corrected chi connectivity index (χ2v) is 18.6. The fourth-order valence-electron chi connectivity index (χ4n) is 10.5. The van der Waals surface area contributed by atoms with Crippen molar-refractivity contribution in [3.8, 4) is 44.5 Å². The van der Waals surface area contributed by atoms with Gasteiger partial charge in [0.15, 0.2) is 0 Å². The van der Waals surface area contributed by atoms with Gasteiger partial charge < -0.3 is 4.90 Å². The second kappa shape index (κ2) is 11.7. The van der Waals surface area contributed by atoms with E-state index in [0.29, 0.717) is 0 Å². The number of fused-ring (bicyclic) bond motifs is 10. The zero-order valence-electron chi connectivity index (χ0n) is 33.8. The molecule has 0 spiro atoms. The molecule has 0 bridgehead atoms. The van der Waals surface area contributed by atoms with Crippen LogP contribution >= 0.6 is 0 Å². The summed E-state index contributed by atoms with van der Waals surface area (Å²) in [5, 5.41) is 0. The van der Waals surface area contributed by atoms with Crippen LogP contribution in [0.5, 0.6) is 0 Å². The fourth-order valence-corrected chi connectivity index (χ4v) is 10.5. The van der Waals surface area contributed by atoms with Crippen LogP contribution in [0.2, 0.25) is 0 Å². The maximum absolute atomic E-state index is 4.03. The molecule has 4 heterocycles. The lowest BCUT2D eigenvalue weighted by Crippen LogP contribution is -2.62. The third-order valence-electron chi connectivity index (χ3n) is 13.4.